The van der Waals surface area contributed by atoms with Gasteiger partial charge in [-0.2, -0.15) is 0 Å². The largest absolute Gasteiger partial charge is 0.573 e. The van der Waals surface area contributed by atoms with Gasteiger partial charge in [-0.1, -0.05) is 29.8 Å². The molecule has 2 amide bonds. The number of carbonyl (C=O) groups excluding carboxylic acids is 2. The second kappa shape index (κ2) is 12.5. The molecule has 2 aliphatic rings. The van der Waals surface area contributed by atoms with Crippen molar-refractivity contribution >= 4 is 39.1 Å². The summed E-state index contributed by atoms with van der Waals surface area (Å²) in [7, 11) is 0.336. The molecule has 0 spiro atoms. The molecular formula is C32H31ClF4N2O7S. The quantitative estimate of drug-likeness (QED) is 0.248. The summed E-state index contributed by atoms with van der Waals surface area (Å²) in [4.78, 5) is 28.6. The predicted octanol–water partition coefficient (Wildman–Crippen LogP) is 6.12. The lowest BCUT2D eigenvalue weighted by Gasteiger charge is -2.35. The van der Waals surface area contributed by atoms with E-state index in [2.05, 4.69) is 4.74 Å². The maximum atomic E-state index is 15.4. The van der Waals surface area contributed by atoms with Gasteiger partial charge in [0.2, 0.25) is 5.91 Å². The Bertz CT molecular complexity index is 1820. The Kier molecular flexibility index (Phi) is 9.14. The average Bonchev–Trinajstić information content (AvgIpc) is 3.49. The molecule has 0 aromatic heterocycles. The first kappa shape index (κ1) is 34.3. The van der Waals surface area contributed by atoms with Gasteiger partial charge in [-0.3, -0.25) is 9.59 Å². The fourth-order valence-corrected chi connectivity index (χ4v) is 8.42. The number of benzene rings is 3. The van der Waals surface area contributed by atoms with E-state index in [4.69, 9.17) is 21.1 Å². The van der Waals surface area contributed by atoms with E-state index < -0.39 is 62.3 Å². The van der Waals surface area contributed by atoms with Gasteiger partial charge in [0.15, 0.2) is 5.75 Å². The molecule has 15 heteroatoms. The fourth-order valence-electron chi connectivity index (χ4n) is 6.66. The number of fused-ring (bicyclic) bond motifs is 1. The Morgan fingerprint density at radius 3 is 2.34 bits per heavy atom. The Morgan fingerprint density at radius 1 is 1.00 bits per heavy atom. The fraction of sp³-hybridized carbons (Fsp3) is 0.375. The number of alkyl halides is 4. The van der Waals surface area contributed by atoms with Crippen LogP contribution in [0.1, 0.15) is 30.4 Å². The zero-order chi connectivity index (χ0) is 34.5. The van der Waals surface area contributed by atoms with Gasteiger partial charge >= 0.3 is 6.36 Å². The molecule has 47 heavy (non-hydrogen) atoms. The number of ether oxygens (including phenoxy) is 3. The summed E-state index contributed by atoms with van der Waals surface area (Å²) in [6.45, 7) is 0. The number of anilines is 1. The SMILES string of the molecule is COc1ccc(S(=O)(=O)N2C(=O)C(CC3CCC(F)[C@H]3C(=O)N(C)C)(c3ccccc3OC)c3cc(Cl)ccc32)c(OC(F)(F)F)c1. The second-order valence-electron chi connectivity index (χ2n) is 11.5. The van der Waals surface area contributed by atoms with Crippen molar-refractivity contribution in [2.24, 2.45) is 11.8 Å². The molecule has 0 bridgehead atoms. The number of hydrogen-bond acceptors (Lipinski definition) is 7. The van der Waals surface area contributed by atoms with Crippen LogP contribution >= 0.6 is 11.6 Å². The van der Waals surface area contributed by atoms with Crippen LogP contribution in [0.3, 0.4) is 0 Å². The standard InChI is InChI=1S/C32H31ClF4N2O7S/c1-38(2)29(40)28-18(9-12-23(28)34)17-31(21-7-5-6-8-25(21)45-4)22-15-19(33)10-13-24(22)39(30(31)41)47(42,43)27-14-11-20(44-3)16-26(27)46-32(35,36)37/h5-8,10-11,13-16,18,23,28H,9,12,17H2,1-4H3/t18?,23?,28-,31?/m0/s1. The minimum absolute atomic E-state index is 0.0273. The van der Waals surface area contributed by atoms with Gasteiger partial charge in [0.05, 0.1) is 25.8 Å². The van der Waals surface area contributed by atoms with Crippen LogP contribution in [0.4, 0.5) is 23.2 Å². The lowest BCUT2D eigenvalue weighted by Crippen LogP contribution is -2.46. The van der Waals surface area contributed by atoms with Crippen LogP contribution in [0, 0.1) is 11.8 Å². The summed E-state index contributed by atoms with van der Waals surface area (Å²) in [6, 6.07) is 13.0. The number of sulfonamides is 1. The number of methoxy groups -OCH3 is 2. The molecule has 5 rings (SSSR count). The molecule has 1 aliphatic carbocycles. The molecule has 3 unspecified atom stereocenters. The van der Waals surface area contributed by atoms with Crippen molar-refractivity contribution in [3.8, 4) is 17.2 Å². The third-order valence-corrected chi connectivity index (χ3v) is 10.6. The van der Waals surface area contributed by atoms with Crippen molar-refractivity contribution < 1.29 is 49.8 Å². The van der Waals surface area contributed by atoms with Crippen LogP contribution in [0.5, 0.6) is 17.2 Å². The van der Waals surface area contributed by atoms with Gasteiger partial charge in [0.1, 0.15) is 28.0 Å². The molecular weight excluding hydrogens is 668 g/mol. The van der Waals surface area contributed by atoms with E-state index >= 15 is 9.18 Å². The van der Waals surface area contributed by atoms with E-state index in [9.17, 15) is 26.4 Å². The van der Waals surface area contributed by atoms with Crippen LogP contribution in [0.25, 0.3) is 0 Å². The molecule has 1 aliphatic heterocycles. The van der Waals surface area contributed by atoms with Gasteiger partial charge in [-0.25, -0.2) is 17.1 Å². The molecule has 0 saturated heterocycles. The minimum atomic E-state index is -5.29. The van der Waals surface area contributed by atoms with Gasteiger partial charge in [0, 0.05) is 30.7 Å². The van der Waals surface area contributed by atoms with Crippen molar-refractivity contribution in [1.29, 1.82) is 0 Å². The summed E-state index contributed by atoms with van der Waals surface area (Å²) in [5.74, 6) is -4.55. The average molecular weight is 699 g/mol. The van der Waals surface area contributed by atoms with Gasteiger partial charge in [-0.15, -0.1) is 13.2 Å². The second-order valence-corrected chi connectivity index (χ2v) is 13.7. The Morgan fingerprint density at radius 2 is 1.70 bits per heavy atom. The lowest BCUT2D eigenvalue weighted by molar-refractivity contribution is -0.275. The van der Waals surface area contributed by atoms with Gasteiger partial charge in [0.25, 0.3) is 15.9 Å². The molecule has 1 fully saturated rings. The first-order chi connectivity index (χ1) is 22.1. The molecule has 252 valence electrons. The number of rotatable bonds is 9. The number of carbonyl (C=O) groups is 2. The highest BCUT2D eigenvalue weighted by Crippen LogP contribution is 2.56. The highest BCUT2D eigenvalue weighted by molar-refractivity contribution is 7.93. The van der Waals surface area contributed by atoms with Crippen LogP contribution in [-0.2, 0) is 25.0 Å². The van der Waals surface area contributed by atoms with Crippen molar-refractivity contribution in [3.05, 3.63) is 76.8 Å². The molecule has 4 atom stereocenters. The van der Waals surface area contributed by atoms with E-state index in [1.165, 1.54) is 51.4 Å². The van der Waals surface area contributed by atoms with E-state index in [-0.39, 0.29) is 52.6 Å². The number of amides is 2. The molecule has 3 aromatic carbocycles. The maximum Gasteiger partial charge on any atom is 0.573 e. The molecule has 9 nitrogen and oxygen atoms in total. The van der Waals surface area contributed by atoms with E-state index in [1.807, 2.05) is 0 Å². The minimum Gasteiger partial charge on any atom is -0.497 e. The summed E-state index contributed by atoms with van der Waals surface area (Å²) >= 11 is 6.44. The smallest absolute Gasteiger partial charge is 0.497 e. The van der Waals surface area contributed by atoms with Crippen LogP contribution in [0.2, 0.25) is 5.02 Å². The van der Waals surface area contributed by atoms with Crippen molar-refractivity contribution in [2.45, 2.75) is 42.1 Å². The van der Waals surface area contributed by atoms with Crippen LogP contribution < -0.4 is 18.5 Å². The first-order valence-electron chi connectivity index (χ1n) is 14.4. The Labute approximate surface area is 274 Å². The third-order valence-electron chi connectivity index (χ3n) is 8.65. The summed E-state index contributed by atoms with van der Waals surface area (Å²) < 4.78 is 99.9. The highest BCUT2D eigenvalue weighted by Gasteiger charge is 2.60. The normalized spacial score (nSPS) is 22.6. The maximum absolute atomic E-state index is 15.4. The predicted molar refractivity (Wildman–Crippen MR) is 164 cm³/mol. The number of halogens is 5. The van der Waals surface area contributed by atoms with E-state index in [1.54, 1.807) is 24.3 Å². The Hall–Kier alpha value is -4.04. The molecule has 1 heterocycles. The zero-order valence-electron chi connectivity index (χ0n) is 25.7. The highest BCUT2D eigenvalue weighted by atomic mass is 35.5. The first-order valence-corrected chi connectivity index (χ1v) is 16.2. The van der Waals surface area contributed by atoms with Gasteiger partial charge < -0.3 is 19.1 Å². The zero-order valence-corrected chi connectivity index (χ0v) is 27.2. The van der Waals surface area contributed by atoms with E-state index in [0.29, 0.717) is 4.31 Å². The topological polar surface area (TPSA) is 102 Å². The van der Waals surface area contributed by atoms with Crippen LogP contribution in [-0.4, -0.2) is 66.0 Å². The summed E-state index contributed by atoms with van der Waals surface area (Å²) in [6.07, 6.45) is -6.84. The molecule has 1 saturated carbocycles. The molecule has 0 radical (unpaired) electrons. The summed E-state index contributed by atoms with van der Waals surface area (Å²) in [5.41, 5.74) is -1.83. The van der Waals surface area contributed by atoms with Crippen molar-refractivity contribution in [2.75, 3.05) is 32.6 Å². The molecule has 0 N–H and O–H groups in total. The number of para-hydroxylation sites is 1. The number of hydrogen-bond donors (Lipinski definition) is 0. The van der Waals surface area contributed by atoms with E-state index in [0.717, 1.165) is 18.2 Å². The van der Waals surface area contributed by atoms with Crippen molar-refractivity contribution in [3.63, 3.8) is 0 Å². The number of nitrogens with zero attached hydrogens (tertiary/aromatic N) is 2. The van der Waals surface area contributed by atoms with Crippen molar-refractivity contribution in [1.82, 2.24) is 4.90 Å². The third kappa shape index (κ3) is 5.97. The monoisotopic (exact) mass is 698 g/mol. The van der Waals surface area contributed by atoms with Crippen LogP contribution in [0.15, 0.2) is 65.6 Å². The summed E-state index contributed by atoms with van der Waals surface area (Å²) in [5, 5.41) is 0.122. The van der Waals surface area contributed by atoms with Gasteiger partial charge in [-0.05, 0) is 67.1 Å². The molecule has 3 aromatic rings. The Balaban J connectivity index is 1.78. The lowest BCUT2D eigenvalue weighted by atomic mass is 9.67.